The minimum absolute atomic E-state index is 0.101. The maximum Gasteiger partial charge on any atom is 0.335 e. The zero-order chi connectivity index (χ0) is 26.6. The minimum atomic E-state index is -0.972. The molecule has 9 heteroatoms. The molecule has 4 aromatic rings. The van der Waals surface area contributed by atoms with Crippen LogP contribution in [0, 0.1) is 6.92 Å². The number of aromatic nitrogens is 2. The van der Waals surface area contributed by atoms with Gasteiger partial charge in [0.05, 0.1) is 23.3 Å². The molecule has 38 heavy (non-hydrogen) atoms. The van der Waals surface area contributed by atoms with Gasteiger partial charge in [-0.3, -0.25) is 9.78 Å². The van der Waals surface area contributed by atoms with Crippen molar-refractivity contribution in [3.05, 3.63) is 114 Å². The lowest BCUT2D eigenvalue weighted by Gasteiger charge is -2.29. The van der Waals surface area contributed by atoms with E-state index in [9.17, 15) is 14.7 Å². The summed E-state index contributed by atoms with van der Waals surface area (Å²) in [6.07, 6.45) is 3.93. The number of anilines is 1. The summed E-state index contributed by atoms with van der Waals surface area (Å²) in [5.41, 5.74) is 4.70. The van der Waals surface area contributed by atoms with Crippen LogP contribution in [0.4, 0.5) is 5.69 Å². The molecule has 0 aliphatic carbocycles. The van der Waals surface area contributed by atoms with Gasteiger partial charge in [0.15, 0.2) is 5.11 Å². The Labute approximate surface area is 225 Å². The Balaban J connectivity index is 1.43. The number of nitrogens with zero attached hydrogens (tertiary/aromatic N) is 3. The van der Waals surface area contributed by atoms with Gasteiger partial charge in [-0.1, -0.05) is 23.8 Å². The second-order valence-electron chi connectivity index (χ2n) is 9.14. The highest BCUT2D eigenvalue weighted by Gasteiger charge is 2.41. The minimum Gasteiger partial charge on any atom is -0.478 e. The molecule has 3 N–H and O–H groups in total. The number of thiocarbonyl (C=S) groups is 1. The maximum atomic E-state index is 12.8. The molecule has 0 unspecified atom stereocenters. The molecule has 1 saturated heterocycles. The molecule has 2 aromatic carbocycles. The van der Waals surface area contributed by atoms with Crippen molar-refractivity contribution in [2.45, 2.75) is 25.4 Å². The normalized spacial score (nSPS) is 16.8. The second-order valence-corrected chi connectivity index (χ2v) is 9.53. The molecule has 0 saturated carbocycles. The van der Waals surface area contributed by atoms with Gasteiger partial charge in [0.2, 0.25) is 5.91 Å². The molecule has 1 fully saturated rings. The first-order chi connectivity index (χ1) is 18.4. The summed E-state index contributed by atoms with van der Waals surface area (Å²) in [5.74, 6) is -1.07. The first kappa shape index (κ1) is 25.2. The van der Waals surface area contributed by atoms with Crippen molar-refractivity contribution in [3.63, 3.8) is 0 Å². The quantitative estimate of drug-likeness (QED) is 0.282. The van der Waals surface area contributed by atoms with Crippen LogP contribution < -0.4 is 10.6 Å². The summed E-state index contributed by atoms with van der Waals surface area (Å²) in [4.78, 5) is 30.8. The molecule has 5 rings (SSSR count). The molecule has 0 bridgehead atoms. The predicted octanol–water partition coefficient (Wildman–Crippen LogP) is 4.88. The molecule has 1 amide bonds. The number of carbonyl (C=O) groups excluding carboxylic acids is 1. The van der Waals surface area contributed by atoms with Crippen molar-refractivity contribution >= 4 is 34.9 Å². The molecule has 2 atom stereocenters. The summed E-state index contributed by atoms with van der Waals surface area (Å²) in [6.45, 7) is 2.40. The van der Waals surface area contributed by atoms with Gasteiger partial charge in [-0.05, 0) is 79.8 Å². The number of nitrogens with one attached hydrogen (secondary N) is 2. The van der Waals surface area contributed by atoms with Crippen molar-refractivity contribution in [1.82, 2.24) is 19.8 Å². The smallest absolute Gasteiger partial charge is 0.335 e. The summed E-state index contributed by atoms with van der Waals surface area (Å²) < 4.78 is 2.02. The van der Waals surface area contributed by atoms with Gasteiger partial charge < -0.3 is 25.2 Å². The van der Waals surface area contributed by atoms with Crippen LogP contribution >= 0.6 is 12.2 Å². The maximum absolute atomic E-state index is 12.8. The topological polar surface area (TPSA) is 99.5 Å². The Bertz CT molecular complexity index is 1450. The van der Waals surface area contributed by atoms with Gasteiger partial charge in [0.1, 0.15) is 0 Å². The van der Waals surface area contributed by atoms with Crippen molar-refractivity contribution in [2.24, 2.45) is 0 Å². The van der Waals surface area contributed by atoms with E-state index in [0.29, 0.717) is 11.7 Å². The number of carbonyl (C=O) groups is 2. The lowest BCUT2D eigenvalue weighted by Crippen LogP contribution is -2.33. The van der Waals surface area contributed by atoms with Crippen LogP contribution in [0.5, 0.6) is 0 Å². The lowest BCUT2D eigenvalue weighted by molar-refractivity contribution is -0.116. The number of rotatable bonds is 8. The van der Waals surface area contributed by atoms with Crippen molar-refractivity contribution < 1.29 is 14.7 Å². The number of amides is 1. The van der Waals surface area contributed by atoms with Gasteiger partial charge in [-0.25, -0.2) is 4.79 Å². The zero-order valence-corrected chi connectivity index (χ0v) is 21.6. The zero-order valence-electron chi connectivity index (χ0n) is 20.7. The van der Waals surface area contributed by atoms with E-state index in [4.69, 9.17) is 12.2 Å². The molecular weight excluding hydrogens is 498 g/mol. The molecule has 3 heterocycles. The van der Waals surface area contributed by atoms with E-state index in [1.807, 2.05) is 77.2 Å². The lowest BCUT2D eigenvalue weighted by atomic mass is 10.0. The summed E-state index contributed by atoms with van der Waals surface area (Å²) in [6, 6.07) is 23.6. The Morgan fingerprint density at radius 3 is 2.47 bits per heavy atom. The average molecular weight is 526 g/mol. The number of aryl methyl sites for hydroxylation is 1. The average Bonchev–Trinajstić information content (AvgIpc) is 3.53. The predicted molar refractivity (Wildman–Crippen MR) is 149 cm³/mol. The summed E-state index contributed by atoms with van der Waals surface area (Å²) >= 11 is 5.75. The standard InChI is InChI=1S/C29H27N5O3S/c1-19-7-11-21(12-8-19)31-25(35)15-18-34-27(26(32-29(34)38)23-5-2-3-16-30-23)24-6-4-17-33(24)22-13-9-20(10-14-22)28(36)37/h2-14,16-17,26-27H,15,18H2,1H3,(H,31,35)(H,32,38)(H,36,37)/t26-,27+/m1/s1. The largest absolute Gasteiger partial charge is 0.478 e. The highest BCUT2D eigenvalue weighted by molar-refractivity contribution is 7.80. The first-order valence-electron chi connectivity index (χ1n) is 12.3. The molecule has 2 aromatic heterocycles. The Morgan fingerprint density at radius 2 is 1.79 bits per heavy atom. The van der Waals surface area contributed by atoms with E-state index in [-0.39, 0.29) is 30.0 Å². The van der Waals surface area contributed by atoms with E-state index in [1.54, 1.807) is 30.5 Å². The number of carboxylic acid groups (broad SMARTS) is 1. The van der Waals surface area contributed by atoms with Crippen LogP contribution in [0.15, 0.2) is 91.3 Å². The fraction of sp³-hybridized carbons (Fsp3) is 0.172. The number of hydrogen-bond donors (Lipinski definition) is 3. The molecule has 8 nitrogen and oxygen atoms in total. The van der Waals surface area contributed by atoms with Gasteiger partial charge in [0, 0.05) is 42.4 Å². The molecular formula is C29H27N5O3S. The van der Waals surface area contributed by atoms with E-state index in [2.05, 4.69) is 15.6 Å². The monoisotopic (exact) mass is 525 g/mol. The Morgan fingerprint density at radius 1 is 1.03 bits per heavy atom. The summed E-state index contributed by atoms with van der Waals surface area (Å²) in [7, 11) is 0. The van der Waals surface area contributed by atoms with E-state index < -0.39 is 5.97 Å². The van der Waals surface area contributed by atoms with Crippen molar-refractivity contribution in [1.29, 1.82) is 0 Å². The Hall–Kier alpha value is -4.50. The van der Waals surface area contributed by atoms with Crippen LogP contribution in [0.25, 0.3) is 5.69 Å². The number of carboxylic acids is 1. The van der Waals surface area contributed by atoms with Crippen molar-refractivity contribution in [3.8, 4) is 5.69 Å². The summed E-state index contributed by atoms with van der Waals surface area (Å²) in [5, 5.41) is 16.2. The molecule has 192 valence electrons. The number of benzene rings is 2. The third kappa shape index (κ3) is 5.28. The van der Waals surface area contributed by atoms with Gasteiger partial charge in [-0.2, -0.15) is 0 Å². The van der Waals surface area contributed by atoms with Gasteiger partial charge in [0.25, 0.3) is 0 Å². The van der Waals surface area contributed by atoms with Crippen LogP contribution in [-0.2, 0) is 4.79 Å². The van der Waals surface area contributed by atoms with E-state index in [0.717, 1.165) is 28.3 Å². The highest BCUT2D eigenvalue weighted by atomic mass is 32.1. The molecule has 1 aliphatic rings. The fourth-order valence-corrected chi connectivity index (χ4v) is 5.02. The third-order valence-electron chi connectivity index (χ3n) is 6.59. The van der Waals surface area contributed by atoms with Crippen LogP contribution in [-0.4, -0.2) is 43.1 Å². The van der Waals surface area contributed by atoms with Crippen LogP contribution in [0.3, 0.4) is 0 Å². The van der Waals surface area contributed by atoms with Crippen molar-refractivity contribution in [2.75, 3.05) is 11.9 Å². The van der Waals surface area contributed by atoms with Gasteiger partial charge in [-0.15, -0.1) is 0 Å². The Kier molecular flexibility index (Phi) is 7.19. The van der Waals surface area contributed by atoms with Gasteiger partial charge >= 0.3 is 5.97 Å². The molecule has 0 spiro atoms. The third-order valence-corrected chi connectivity index (χ3v) is 6.94. The van der Waals surface area contributed by atoms with Crippen LogP contribution in [0.2, 0.25) is 0 Å². The van der Waals surface area contributed by atoms with E-state index in [1.165, 1.54) is 0 Å². The molecule has 1 aliphatic heterocycles. The highest BCUT2D eigenvalue weighted by Crippen LogP contribution is 2.39. The van der Waals surface area contributed by atoms with Crippen LogP contribution in [0.1, 0.15) is 45.8 Å². The second kappa shape index (κ2) is 10.9. The molecule has 0 radical (unpaired) electrons. The number of pyridine rings is 1. The number of aromatic carboxylic acids is 1. The SMILES string of the molecule is Cc1ccc(NC(=O)CCN2C(=S)N[C@H](c3ccccn3)[C@@H]2c2cccn2-c2ccc(C(=O)O)cc2)cc1. The number of hydrogen-bond acceptors (Lipinski definition) is 4. The van der Waals surface area contributed by atoms with E-state index >= 15 is 0 Å². The first-order valence-corrected chi connectivity index (χ1v) is 12.7. The fourth-order valence-electron chi connectivity index (χ4n) is 4.69.